The van der Waals surface area contributed by atoms with Crippen LogP contribution < -0.4 is 34.4 Å². The van der Waals surface area contributed by atoms with E-state index in [4.69, 9.17) is 19.2 Å². The van der Waals surface area contributed by atoms with Crippen LogP contribution in [0.25, 0.3) is 6.08 Å². The van der Waals surface area contributed by atoms with Gasteiger partial charge in [-0.15, -0.1) is 0 Å². The number of amides is 1. The second kappa shape index (κ2) is 14.5. The monoisotopic (exact) mass is 663 g/mol. The zero-order chi connectivity index (χ0) is 33.6. The highest BCUT2D eigenvalue weighted by molar-refractivity contribution is 7.07. The normalized spacial score (nSPS) is 14.2. The minimum Gasteiger partial charge on any atom is -0.494 e. The number of anilines is 1. The number of carbonyl (C=O) groups is 1. The van der Waals surface area contributed by atoms with E-state index >= 15 is 0 Å². The van der Waals surface area contributed by atoms with E-state index in [-0.39, 0.29) is 23.9 Å². The van der Waals surface area contributed by atoms with Crippen molar-refractivity contribution in [1.29, 1.82) is 0 Å². The van der Waals surface area contributed by atoms with Gasteiger partial charge in [-0.1, -0.05) is 59.9 Å². The maximum atomic E-state index is 14.2. The number of ether oxygens (including phenoxy) is 3. The van der Waals surface area contributed by atoms with Crippen LogP contribution in [0, 0.1) is 5.82 Å². The van der Waals surface area contributed by atoms with E-state index in [1.807, 2.05) is 80.6 Å². The van der Waals surface area contributed by atoms with Crippen LogP contribution in [0.4, 0.5) is 10.1 Å². The number of rotatable bonds is 11. The third-order valence-corrected chi connectivity index (χ3v) is 8.66. The first-order chi connectivity index (χ1) is 23.3. The molecular weight excluding hydrogens is 629 g/mol. The fourth-order valence-electron chi connectivity index (χ4n) is 5.46. The Bertz CT molecular complexity index is 2140. The number of nitrogens with zero attached hydrogens (tertiary/aromatic N) is 2. The van der Waals surface area contributed by atoms with Gasteiger partial charge >= 0.3 is 0 Å². The molecule has 1 aliphatic rings. The van der Waals surface area contributed by atoms with Crippen LogP contribution in [0.1, 0.15) is 43.5 Å². The van der Waals surface area contributed by atoms with Gasteiger partial charge in [0.25, 0.3) is 11.5 Å². The molecule has 0 unspecified atom stereocenters. The van der Waals surface area contributed by atoms with Crippen LogP contribution in [-0.4, -0.2) is 23.7 Å². The van der Waals surface area contributed by atoms with Crippen molar-refractivity contribution < 1.29 is 23.4 Å². The molecule has 6 rings (SSSR count). The molecule has 8 nitrogen and oxygen atoms in total. The van der Waals surface area contributed by atoms with E-state index in [1.54, 1.807) is 35.8 Å². The quantitative estimate of drug-likeness (QED) is 0.177. The zero-order valence-electron chi connectivity index (χ0n) is 26.7. The van der Waals surface area contributed by atoms with E-state index < -0.39 is 6.04 Å². The average molecular weight is 664 g/mol. The predicted molar refractivity (Wildman–Crippen MR) is 185 cm³/mol. The van der Waals surface area contributed by atoms with Gasteiger partial charge in [0.05, 0.1) is 35.1 Å². The van der Waals surface area contributed by atoms with Gasteiger partial charge < -0.3 is 19.5 Å². The number of halogens is 1. The number of aromatic nitrogens is 1. The zero-order valence-corrected chi connectivity index (χ0v) is 27.6. The molecule has 0 saturated heterocycles. The largest absolute Gasteiger partial charge is 0.494 e. The molecule has 244 valence electrons. The van der Waals surface area contributed by atoms with Gasteiger partial charge in [-0.2, -0.15) is 0 Å². The molecule has 4 aromatic carbocycles. The summed E-state index contributed by atoms with van der Waals surface area (Å²) in [5, 5.41) is 2.97. The molecule has 1 aromatic heterocycles. The summed E-state index contributed by atoms with van der Waals surface area (Å²) >= 11 is 1.26. The lowest BCUT2D eigenvalue weighted by molar-refractivity contribution is -0.113. The van der Waals surface area contributed by atoms with Gasteiger partial charge in [0.2, 0.25) is 0 Å². The molecule has 2 heterocycles. The van der Waals surface area contributed by atoms with Crippen molar-refractivity contribution in [2.75, 3.05) is 18.5 Å². The van der Waals surface area contributed by atoms with Crippen molar-refractivity contribution in [3.63, 3.8) is 0 Å². The molecule has 1 N–H and O–H groups in total. The van der Waals surface area contributed by atoms with Crippen LogP contribution in [0.2, 0.25) is 0 Å². The molecule has 0 fully saturated rings. The maximum Gasteiger partial charge on any atom is 0.271 e. The summed E-state index contributed by atoms with van der Waals surface area (Å²) in [6, 6.07) is 27.5. The van der Waals surface area contributed by atoms with Gasteiger partial charge in [-0.25, -0.2) is 9.38 Å². The molecule has 1 aliphatic heterocycles. The lowest BCUT2D eigenvalue weighted by Crippen LogP contribution is -2.40. The van der Waals surface area contributed by atoms with Gasteiger partial charge in [0.15, 0.2) is 16.3 Å². The van der Waals surface area contributed by atoms with Crippen molar-refractivity contribution >= 4 is 29.0 Å². The SMILES string of the molecule is CCOc1ccc([C@H]2C(C(=O)Nc3ccccc3)=C(C)N=c3s/c(=C\c4ccc(OCc5ccc(F)cc5)c(OCC)c4)c(=O)n32)cc1. The summed E-state index contributed by atoms with van der Waals surface area (Å²) in [4.78, 5) is 33.2. The summed E-state index contributed by atoms with van der Waals surface area (Å²) < 4.78 is 32.9. The Kier molecular flexibility index (Phi) is 9.82. The number of benzene rings is 4. The topological polar surface area (TPSA) is 91.2 Å². The summed E-state index contributed by atoms with van der Waals surface area (Å²) in [6.45, 7) is 6.75. The Morgan fingerprint density at radius 2 is 1.65 bits per heavy atom. The molecule has 5 aromatic rings. The molecule has 10 heteroatoms. The molecule has 1 atom stereocenters. The molecule has 0 saturated carbocycles. The van der Waals surface area contributed by atoms with E-state index in [1.165, 1.54) is 23.5 Å². The van der Waals surface area contributed by atoms with Crippen molar-refractivity contribution in [2.24, 2.45) is 4.99 Å². The Morgan fingerprint density at radius 1 is 0.917 bits per heavy atom. The summed E-state index contributed by atoms with van der Waals surface area (Å²) in [5.41, 5.74) is 3.57. The first-order valence-corrected chi connectivity index (χ1v) is 16.4. The van der Waals surface area contributed by atoms with Crippen LogP contribution in [0.15, 0.2) is 118 Å². The van der Waals surface area contributed by atoms with E-state index in [9.17, 15) is 14.0 Å². The number of fused-ring (bicyclic) bond motifs is 1. The number of allylic oxidation sites excluding steroid dienone is 1. The van der Waals surface area contributed by atoms with Gasteiger partial charge in [0.1, 0.15) is 18.2 Å². The number of para-hydroxylation sites is 1. The Hall–Kier alpha value is -5.48. The van der Waals surface area contributed by atoms with Gasteiger partial charge in [-0.05, 0) is 92.1 Å². The van der Waals surface area contributed by atoms with Crippen LogP contribution in [-0.2, 0) is 11.4 Å². The minimum atomic E-state index is -0.719. The lowest BCUT2D eigenvalue weighted by atomic mass is 9.95. The highest BCUT2D eigenvalue weighted by Gasteiger charge is 2.32. The predicted octanol–water partition coefficient (Wildman–Crippen LogP) is 6.39. The summed E-state index contributed by atoms with van der Waals surface area (Å²) in [6.07, 6.45) is 1.79. The highest BCUT2D eigenvalue weighted by Crippen LogP contribution is 2.32. The first-order valence-electron chi connectivity index (χ1n) is 15.6. The number of hydrogen-bond acceptors (Lipinski definition) is 7. The fraction of sp³-hybridized carbons (Fsp3) is 0.184. The van der Waals surface area contributed by atoms with Crippen LogP contribution in [0.5, 0.6) is 17.2 Å². The van der Waals surface area contributed by atoms with Crippen LogP contribution in [0.3, 0.4) is 0 Å². The number of nitrogens with one attached hydrogen (secondary N) is 1. The molecule has 48 heavy (non-hydrogen) atoms. The van der Waals surface area contributed by atoms with Crippen molar-refractivity contribution in [3.8, 4) is 17.2 Å². The molecule has 0 bridgehead atoms. The number of hydrogen-bond donors (Lipinski definition) is 1. The standard InChI is InChI=1S/C38H34FN3O5S/c1-4-45-30-18-14-27(15-19-30)35-34(36(43)41-29-9-7-6-8-10-29)24(3)40-38-42(35)37(44)33(48-38)22-26-13-20-31(32(21-26)46-5-2)47-23-25-11-16-28(39)17-12-25/h6-22,35H,4-5,23H2,1-3H3,(H,41,43)/b33-22-/t35-/m0/s1. The van der Waals surface area contributed by atoms with E-state index in [0.717, 1.165) is 16.7 Å². The average Bonchev–Trinajstić information content (AvgIpc) is 3.39. The maximum absolute atomic E-state index is 14.2. The second-order valence-electron chi connectivity index (χ2n) is 11.0. The van der Waals surface area contributed by atoms with Crippen molar-refractivity contribution in [2.45, 2.75) is 33.4 Å². The fourth-order valence-corrected chi connectivity index (χ4v) is 6.50. The summed E-state index contributed by atoms with van der Waals surface area (Å²) in [5.74, 6) is 1.09. The second-order valence-corrected chi connectivity index (χ2v) is 12.0. The highest BCUT2D eigenvalue weighted by atomic mass is 32.1. The number of thiazole rings is 1. The minimum absolute atomic E-state index is 0.239. The van der Waals surface area contributed by atoms with Gasteiger partial charge in [-0.3, -0.25) is 14.2 Å². The first kappa shape index (κ1) is 32.5. The van der Waals surface area contributed by atoms with E-state index in [2.05, 4.69) is 5.32 Å². The smallest absolute Gasteiger partial charge is 0.271 e. The van der Waals surface area contributed by atoms with Crippen LogP contribution >= 0.6 is 11.3 Å². The Balaban J connectivity index is 1.38. The van der Waals surface area contributed by atoms with Gasteiger partial charge in [0, 0.05) is 5.69 Å². The van der Waals surface area contributed by atoms with Crippen molar-refractivity contribution in [1.82, 2.24) is 4.57 Å². The third-order valence-electron chi connectivity index (χ3n) is 7.68. The Morgan fingerprint density at radius 3 is 2.35 bits per heavy atom. The molecular formula is C38H34FN3O5S. The molecule has 1 amide bonds. The Labute approximate surface area is 281 Å². The molecule has 0 spiro atoms. The molecule has 0 aliphatic carbocycles. The number of carbonyl (C=O) groups excluding carboxylic acids is 1. The lowest BCUT2D eigenvalue weighted by Gasteiger charge is -2.25. The molecule has 0 radical (unpaired) electrons. The third kappa shape index (κ3) is 7.08. The van der Waals surface area contributed by atoms with Crippen molar-refractivity contribution in [3.05, 3.63) is 151 Å². The summed E-state index contributed by atoms with van der Waals surface area (Å²) in [7, 11) is 0. The van der Waals surface area contributed by atoms with E-state index in [0.29, 0.717) is 56.8 Å².